The van der Waals surface area contributed by atoms with Crippen molar-refractivity contribution in [3.05, 3.63) is 101 Å². The molecule has 130 valence electrons. The van der Waals surface area contributed by atoms with E-state index in [1.54, 1.807) is 24.3 Å². The molecule has 0 spiro atoms. The van der Waals surface area contributed by atoms with E-state index in [0.717, 1.165) is 16.8 Å². The zero-order valence-corrected chi connectivity index (χ0v) is 14.5. The molecule has 0 fully saturated rings. The van der Waals surface area contributed by atoms with Crippen molar-refractivity contribution >= 4 is 17.5 Å². The van der Waals surface area contributed by atoms with Crippen LogP contribution in [-0.2, 0) is 6.54 Å². The minimum Gasteiger partial charge on any atom is -0.348 e. The molecule has 2 amide bonds. The summed E-state index contributed by atoms with van der Waals surface area (Å²) < 4.78 is 0. The Balaban J connectivity index is 1.61. The summed E-state index contributed by atoms with van der Waals surface area (Å²) >= 11 is 0. The number of rotatable bonds is 5. The summed E-state index contributed by atoms with van der Waals surface area (Å²) in [6.45, 7) is 2.41. The van der Waals surface area contributed by atoms with Crippen LogP contribution in [0, 0.1) is 6.92 Å². The normalized spacial score (nSPS) is 10.2. The standard InChI is InChI=1S/C22H20N2O2/c1-16-7-5-6-10-20(16)24-22(26)19-13-11-18(12-14-19)21(25)23-15-17-8-3-2-4-9-17/h2-14H,15H2,1H3,(H,23,25)(H,24,26). The van der Waals surface area contributed by atoms with Gasteiger partial charge in [-0.25, -0.2) is 0 Å². The van der Waals surface area contributed by atoms with Crippen molar-refractivity contribution in [1.29, 1.82) is 0 Å². The predicted molar refractivity (Wildman–Crippen MR) is 103 cm³/mol. The molecule has 0 aliphatic rings. The van der Waals surface area contributed by atoms with Crippen LogP contribution in [0.3, 0.4) is 0 Å². The van der Waals surface area contributed by atoms with Crippen LogP contribution in [0.2, 0.25) is 0 Å². The summed E-state index contributed by atoms with van der Waals surface area (Å²) in [5.74, 6) is -0.366. The van der Waals surface area contributed by atoms with Crippen LogP contribution >= 0.6 is 0 Å². The Morgan fingerprint density at radius 3 is 1.96 bits per heavy atom. The quantitative estimate of drug-likeness (QED) is 0.729. The van der Waals surface area contributed by atoms with Crippen molar-refractivity contribution in [3.8, 4) is 0 Å². The topological polar surface area (TPSA) is 58.2 Å². The maximum absolute atomic E-state index is 12.3. The Hall–Kier alpha value is -3.40. The molecule has 0 aliphatic carbocycles. The number of amides is 2. The van der Waals surface area contributed by atoms with Crippen LogP contribution in [0.25, 0.3) is 0 Å². The number of hydrogen-bond donors (Lipinski definition) is 2. The van der Waals surface area contributed by atoms with Crippen molar-refractivity contribution in [2.45, 2.75) is 13.5 Å². The number of carbonyl (C=O) groups is 2. The number of para-hydroxylation sites is 1. The molecular formula is C22H20N2O2. The number of nitrogens with one attached hydrogen (secondary N) is 2. The highest BCUT2D eigenvalue weighted by Gasteiger charge is 2.10. The van der Waals surface area contributed by atoms with Crippen LogP contribution < -0.4 is 10.6 Å². The molecule has 0 saturated carbocycles. The minimum atomic E-state index is -0.199. The average Bonchev–Trinajstić information content (AvgIpc) is 2.69. The van der Waals surface area contributed by atoms with Gasteiger partial charge in [0.2, 0.25) is 0 Å². The van der Waals surface area contributed by atoms with Crippen LogP contribution in [0.1, 0.15) is 31.8 Å². The van der Waals surface area contributed by atoms with Crippen molar-refractivity contribution < 1.29 is 9.59 Å². The number of carbonyl (C=O) groups excluding carboxylic acids is 2. The molecule has 4 heteroatoms. The Morgan fingerprint density at radius 1 is 0.731 bits per heavy atom. The largest absolute Gasteiger partial charge is 0.348 e. The van der Waals surface area contributed by atoms with Crippen LogP contribution in [-0.4, -0.2) is 11.8 Å². The van der Waals surface area contributed by atoms with Gasteiger partial charge in [0.05, 0.1) is 0 Å². The van der Waals surface area contributed by atoms with Gasteiger partial charge in [-0.05, 0) is 48.4 Å². The summed E-state index contributed by atoms with van der Waals surface area (Å²) in [6, 6.07) is 24.0. The first-order valence-electron chi connectivity index (χ1n) is 8.42. The third-order valence-electron chi connectivity index (χ3n) is 4.10. The molecule has 0 saturated heterocycles. The Bertz CT molecular complexity index is 903. The molecule has 0 heterocycles. The molecular weight excluding hydrogens is 324 g/mol. The smallest absolute Gasteiger partial charge is 0.255 e. The summed E-state index contributed by atoms with van der Waals surface area (Å²) in [6.07, 6.45) is 0. The van der Waals surface area contributed by atoms with E-state index in [4.69, 9.17) is 0 Å². The third-order valence-corrected chi connectivity index (χ3v) is 4.10. The molecule has 3 rings (SSSR count). The van der Waals surface area contributed by atoms with E-state index < -0.39 is 0 Å². The first-order valence-corrected chi connectivity index (χ1v) is 8.42. The second-order valence-corrected chi connectivity index (χ2v) is 6.01. The summed E-state index contributed by atoms with van der Waals surface area (Å²) in [4.78, 5) is 24.6. The second kappa shape index (κ2) is 8.12. The fourth-order valence-corrected chi connectivity index (χ4v) is 2.56. The van der Waals surface area contributed by atoms with Gasteiger partial charge in [0.1, 0.15) is 0 Å². The monoisotopic (exact) mass is 344 g/mol. The van der Waals surface area contributed by atoms with E-state index in [-0.39, 0.29) is 11.8 Å². The fourth-order valence-electron chi connectivity index (χ4n) is 2.56. The van der Waals surface area contributed by atoms with Gasteiger partial charge in [-0.15, -0.1) is 0 Å². The first-order chi connectivity index (χ1) is 12.6. The Labute approximate surface area is 152 Å². The van der Waals surface area contributed by atoms with Crippen molar-refractivity contribution in [2.24, 2.45) is 0 Å². The second-order valence-electron chi connectivity index (χ2n) is 6.01. The number of aryl methyl sites for hydroxylation is 1. The summed E-state index contributed by atoms with van der Waals surface area (Å²) in [5.41, 5.74) is 3.84. The van der Waals surface area contributed by atoms with Crippen LogP contribution in [0.4, 0.5) is 5.69 Å². The van der Waals surface area contributed by atoms with Crippen LogP contribution in [0.15, 0.2) is 78.9 Å². The van der Waals surface area contributed by atoms with Crippen molar-refractivity contribution in [3.63, 3.8) is 0 Å². The minimum absolute atomic E-state index is 0.167. The van der Waals surface area contributed by atoms with Gasteiger partial charge in [-0.3, -0.25) is 9.59 Å². The Morgan fingerprint density at radius 2 is 1.31 bits per heavy atom. The highest BCUT2D eigenvalue weighted by atomic mass is 16.2. The summed E-state index contributed by atoms with van der Waals surface area (Å²) in [5, 5.41) is 5.75. The zero-order valence-electron chi connectivity index (χ0n) is 14.5. The van der Waals surface area contributed by atoms with Gasteiger partial charge in [-0.1, -0.05) is 48.5 Å². The molecule has 0 aliphatic heterocycles. The number of anilines is 1. The van der Waals surface area contributed by atoms with Crippen molar-refractivity contribution in [1.82, 2.24) is 5.32 Å². The maximum Gasteiger partial charge on any atom is 0.255 e. The zero-order chi connectivity index (χ0) is 18.4. The van der Waals surface area contributed by atoms with E-state index in [2.05, 4.69) is 10.6 Å². The molecule has 0 bridgehead atoms. The average molecular weight is 344 g/mol. The van der Waals surface area contributed by atoms with E-state index in [1.807, 2.05) is 61.5 Å². The van der Waals surface area contributed by atoms with Gasteiger partial charge < -0.3 is 10.6 Å². The van der Waals surface area contributed by atoms with E-state index >= 15 is 0 Å². The number of benzene rings is 3. The molecule has 3 aromatic carbocycles. The van der Waals surface area contributed by atoms with Gasteiger partial charge in [0.15, 0.2) is 0 Å². The highest BCUT2D eigenvalue weighted by Crippen LogP contribution is 2.15. The highest BCUT2D eigenvalue weighted by molar-refractivity contribution is 6.05. The lowest BCUT2D eigenvalue weighted by atomic mass is 10.1. The van der Waals surface area contributed by atoms with E-state index in [9.17, 15) is 9.59 Å². The predicted octanol–water partition coefficient (Wildman–Crippen LogP) is 4.18. The fraction of sp³-hybridized carbons (Fsp3) is 0.0909. The lowest BCUT2D eigenvalue weighted by Crippen LogP contribution is -2.22. The van der Waals surface area contributed by atoms with E-state index in [1.165, 1.54) is 0 Å². The van der Waals surface area contributed by atoms with Gasteiger partial charge >= 0.3 is 0 Å². The van der Waals surface area contributed by atoms with Crippen molar-refractivity contribution in [2.75, 3.05) is 5.32 Å². The molecule has 4 nitrogen and oxygen atoms in total. The lowest BCUT2D eigenvalue weighted by Gasteiger charge is -2.09. The first kappa shape index (κ1) is 17.4. The summed E-state index contributed by atoms with van der Waals surface area (Å²) in [7, 11) is 0. The third kappa shape index (κ3) is 4.36. The van der Waals surface area contributed by atoms with Gasteiger partial charge in [0, 0.05) is 23.4 Å². The molecule has 3 aromatic rings. The van der Waals surface area contributed by atoms with E-state index in [0.29, 0.717) is 17.7 Å². The Kier molecular flexibility index (Phi) is 5.44. The van der Waals surface area contributed by atoms with Crippen LogP contribution in [0.5, 0.6) is 0 Å². The molecule has 26 heavy (non-hydrogen) atoms. The van der Waals surface area contributed by atoms with Gasteiger partial charge in [0.25, 0.3) is 11.8 Å². The van der Waals surface area contributed by atoms with Gasteiger partial charge in [-0.2, -0.15) is 0 Å². The SMILES string of the molecule is Cc1ccccc1NC(=O)c1ccc(C(=O)NCc2ccccc2)cc1. The maximum atomic E-state index is 12.3. The number of hydrogen-bond acceptors (Lipinski definition) is 2. The molecule has 0 atom stereocenters. The molecule has 0 radical (unpaired) electrons. The molecule has 2 N–H and O–H groups in total. The molecule has 0 aromatic heterocycles. The molecule has 0 unspecified atom stereocenters. The lowest BCUT2D eigenvalue weighted by molar-refractivity contribution is 0.0949.